The van der Waals surface area contributed by atoms with Gasteiger partial charge in [-0.1, -0.05) is 60.7 Å². The van der Waals surface area contributed by atoms with Gasteiger partial charge in [0.2, 0.25) is 0 Å². The van der Waals surface area contributed by atoms with Gasteiger partial charge in [0.05, 0.1) is 52.9 Å². The van der Waals surface area contributed by atoms with Crippen LogP contribution in [-0.2, 0) is 18.9 Å². The van der Waals surface area contributed by atoms with Crippen LogP contribution in [0.15, 0.2) is 78.9 Å². The van der Waals surface area contributed by atoms with Crippen molar-refractivity contribution in [1.82, 2.24) is 0 Å². The van der Waals surface area contributed by atoms with Gasteiger partial charge in [-0.3, -0.25) is 0 Å². The highest BCUT2D eigenvalue weighted by atomic mass is 31.1. The van der Waals surface area contributed by atoms with E-state index in [0.717, 1.165) is 0 Å². The summed E-state index contributed by atoms with van der Waals surface area (Å²) in [4.78, 5) is 0. The zero-order chi connectivity index (χ0) is 24.0. The Hall–Kier alpha value is -2.47. The van der Waals surface area contributed by atoms with Crippen LogP contribution >= 0.6 is 7.92 Å². The Balaban J connectivity index is 1.54. The average molecular weight is 497 g/mol. The van der Waals surface area contributed by atoms with E-state index in [9.17, 15) is 0 Å². The lowest BCUT2D eigenvalue weighted by Gasteiger charge is -2.21. The molecule has 0 fully saturated rings. The summed E-state index contributed by atoms with van der Waals surface area (Å²) in [6.45, 7) is 5.00. The lowest BCUT2D eigenvalue weighted by Crippen LogP contribution is -2.21. The van der Waals surface area contributed by atoms with Crippen LogP contribution in [0.2, 0.25) is 0 Å². The van der Waals surface area contributed by atoms with Crippen molar-refractivity contribution < 1.29 is 28.4 Å². The first-order valence-corrected chi connectivity index (χ1v) is 13.4. The minimum atomic E-state index is -0.740. The second-order valence-electron chi connectivity index (χ2n) is 7.78. The zero-order valence-corrected chi connectivity index (χ0v) is 20.9. The van der Waals surface area contributed by atoms with E-state index >= 15 is 0 Å². The van der Waals surface area contributed by atoms with Gasteiger partial charge in [-0.05, 0) is 42.0 Å². The Kier molecular flexibility index (Phi) is 10.8. The fraction of sp³-hybridized carbons (Fsp3) is 0.357. The highest BCUT2D eigenvalue weighted by Crippen LogP contribution is 2.36. The zero-order valence-electron chi connectivity index (χ0n) is 20.0. The van der Waals surface area contributed by atoms with Crippen molar-refractivity contribution in [1.29, 1.82) is 0 Å². The van der Waals surface area contributed by atoms with E-state index in [1.165, 1.54) is 15.9 Å². The quantitative estimate of drug-likeness (QED) is 0.519. The molecule has 4 rings (SSSR count). The predicted molar refractivity (Wildman–Crippen MR) is 139 cm³/mol. The lowest BCUT2D eigenvalue weighted by molar-refractivity contribution is -0.00841. The van der Waals surface area contributed by atoms with Crippen LogP contribution in [0.3, 0.4) is 0 Å². The number of ether oxygens (including phenoxy) is 6. The minimum absolute atomic E-state index is 0.425. The first-order chi connectivity index (χ1) is 17.4. The fourth-order valence-electron chi connectivity index (χ4n) is 3.65. The molecule has 1 aliphatic heterocycles. The van der Waals surface area contributed by atoms with Gasteiger partial charge in [-0.2, -0.15) is 0 Å². The maximum Gasteiger partial charge on any atom is 0.161 e. The first-order valence-electron chi connectivity index (χ1n) is 12.0. The number of benzene rings is 3. The SMILES string of the molecule is c1ccc(P(c2ccccc2)c2ccc3c(c2)OCCOCCOCCOCCOCCO3)cc1. The molecule has 0 saturated heterocycles. The summed E-state index contributed by atoms with van der Waals surface area (Å²) < 4.78 is 34.5. The van der Waals surface area contributed by atoms with Crippen LogP contribution in [0.1, 0.15) is 0 Å². The Labute approximate surface area is 208 Å². The molecule has 0 unspecified atom stereocenters. The van der Waals surface area contributed by atoms with Gasteiger partial charge in [-0.25, -0.2) is 0 Å². The molecule has 1 aliphatic rings. The van der Waals surface area contributed by atoms with E-state index in [2.05, 4.69) is 72.8 Å². The Morgan fingerprint density at radius 1 is 0.400 bits per heavy atom. The lowest BCUT2D eigenvalue weighted by atomic mass is 10.3. The van der Waals surface area contributed by atoms with Crippen molar-refractivity contribution >= 4 is 23.8 Å². The van der Waals surface area contributed by atoms with Gasteiger partial charge < -0.3 is 28.4 Å². The molecule has 3 aromatic carbocycles. The maximum absolute atomic E-state index is 6.15. The summed E-state index contributed by atoms with van der Waals surface area (Å²) in [5.41, 5.74) is 0. The highest BCUT2D eigenvalue weighted by molar-refractivity contribution is 7.79. The second-order valence-corrected chi connectivity index (χ2v) is 10.0. The van der Waals surface area contributed by atoms with E-state index in [1.54, 1.807) is 0 Å². The van der Waals surface area contributed by atoms with Gasteiger partial charge in [0.1, 0.15) is 13.2 Å². The molecule has 186 valence electrons. The first kappa shape index (κ1) is 25.6. The van der Waals surface area contributed by atoms with E-state index in [-0.39, 0.29) is 0 Å². The van der Waals surface area contributed by atoms with Crippen LogP contribution in [0.5, 0.6) is 11.5 Å². The molecular formula is C28H33O6P. The molecular weight excluding hydrogens is 463 g/mol. The third-order valence-corrected chi connectivity index (χ3v) is 7.72. The number of fused-ring (bicyclic) bond motifs is 1. The van der Waals surface area contributed by atoms with Crippen molar-refractivity contribution in [2.45, 2.75) is 0 Å². The van der Waals surface area contributed by atoms with Crippen molar-refractivity contribution in [3.63, 3.8) is 0 Å². The molecule has 0 spiro atoms. The van der Waals surface area contributed by atoms with Gasteiger partial charge >= 0.3 is 0 Å². The van der Waals surface area contributed by atoms with E-state index in [0.29, 0.717) is 77.6 Å². The second kappa shape index (κ2) is 14.8. The van der Waals surface area contributed by atoms with Crippen LogP contribution < -0.4 is 25.4 Å². The summed E-state index contributed by atoms with van der Waals surface area (Å²) in [5.74, 6) is 1.42. The van der Waals surface area contributed by atoms with Crippen molar-refractivity contribution in [2.75, 3.05) is 66.1 Å². The third kappa shape index (κ3) is 8.31. The molecule has 0 N–H and O–H groups in total. The number of hydrogen-bond acceptors (Lipinski definition) is 6. The molecule has 6 nitrogen and oxygen atoms in total. The molecule has 0 atom stereocenters. The summed E-state index contributed by atoms with van der Waals surface area (Å²) in [7, 11) is -0.740. The number of rotatable bonds is 3. The molecule has 7 heteroatoms. The minimum Gasteiger partial charge on any atom is -0.487 e. The maximum atomic E-state index is 6.15. The molecule has 0 aliphatic carbocycles. The Morgan fingerprint density at radius 2 is 0.829 bits per heavy atom. The predicted octanol–water partition coefficient (Wildman–Crippen LogP) is 3.28. The summed E-state index contributed by atoms with van der Waals surface area (Å²) >= 11 is 0. The van der Waals surface area contributed by atoms with Gasteiger partial charge in [0.25, 0.3) is 0 Å². The average Bonchev–Trinajstić information content (AvgIpc) is 2.90. The molecule has 0 bridgehead atoms. The van der Waals surface area contributed by atoms with Gasteiger partial charge in [0, 0.05) is 0 Å². The molecule has 0 saturated carbocycles. The van der Waals surface area contributed by atoms with Gasteiger partial charge in [0.15, 0.2) is 11.5 Å². The molecule has 3 aromatic rings. The van der Waals surface area contributed by atoms with Crippen LogP contribution in [0.4, 0.5) is 0 Å². The van der Waals surface area contributed by atoms with Crippen molar-refractivity contribution in [3.05, 3.63) is 78.9 Å². The molecule has 0 amide bonds. The van der Waals surface area contributed by atoms with E-state index < -0.39 is 7.92 Å². The fourth-order valence-corrected chi connectivity index (χ4v) is 5.96. The molecule has 0 aromatic heterocycles. The standard InChI is InChI=1S/C28H33O6P/c1-3-7-24(8-4-1)35(25-9-5-2-6-10-25)26-11-12-27-28(23-26)34-22-20-32-18-16-30-14-13-29-15-17-31-19-21-33-27/h1-12,23H,13-22H2. The molecule has 0 radical (unpaired) electrons. The van der Waals surface area contributed by atoms with Crippen LogP contribution in [-0.4, -0.2) is 66.1 Å². The summed E-state index contributed by atoms with van der Waals surface area (Å²) in [6, 6.07) is 27.5. The van der Waals surface area contributed by atoms with E-state index in [4.69, 9.17) is 28.4 Å². The molecule has 1 heterocycles. The van der Waals surface area contributed by atoms with Crippen molar-refractivity contribution in [3.8, 4) is 11.5 Å². The Morgan fingerprint density at radius 3 is 1.31 bits per heavy atom. The van der Waals surface area contributed by atoms with Crippen molar-refractivity contribution in [2.24, 2.45) is 0 Å². The van der Waals surface area contributed by atoms with Gasteiger partial charge in [-0.15, -0.1) is 0 Å². The third-order valence-electron chi connectivity index (χ3n) is 5.30. The molecule has 35 heavy (non-hydrogen) atoms. The monoisotopic (exact) mass is 496 g/mol. The topological polar surface area (TPSA) is 55.4 Å². The van der Waals surface area contributed by atoms with Crippen LogP contribution in [0, 0.1) is 0 Å². The number of hydrogen-bond donors (Lipinski definition) is 0. The largest absolute Gasteiger partial charge is 0.487 e. The summed E-state index contributed by atoms with van der Waals surface area (Å²) in [6.07, 6.45) is 0. The normalized spacial score (nSPS) is 16.8. The smallest absolute Gasteiger partial charge is 0.161 e. The highest BCUT2D eigenvalue weighted by Gasteiger charge is 2.18. The summed E-state index contributed by atoms with van der Waals surface area (Å²) in [5, 5.41) is 3.77. The van der Waals surface area contributed by atoms with Crippen LogP contribution in [0.25, 0.3) is 0 Å². The Bertz CT molecular complexity index is 946. The van der Waals surface area contributed by atoms with E-state index in [1.807, 2.05) is 6.07 Å².